The van der Waals surface area contributed by atoms with Gasteiger partial charge in [0.15, 0.2) is 0 Å². The van der Waals surface area contributed by atoms with Gasteiger partial charge < -0.3 is 4.74 Å². The lowest BCUT2D eigenvalue weighted by atomic mass is 10.2. The van der Waals surface area contributed by atoms with E-state index in [4.69, 9.17) is 16.3 Å². The van der Waals surface area contributed by atoms with Gasteiger partial charge in [0.1, 0.15) is 0 Å². The standard InChI is InChI=1S/C9H10ClO2/c10-6-9(11)12-7-8-4-2-1-3-5-8/h1-5,9H,6-7H2. The Morgan fingerprint density at radius 2 is 2.00 bits per heavy atom. The largest absolute Gasteiger partial charge is 0.344 e. The normalized spacial score (nSPS) is 12.8. The molecule has 0 aliphatic rings. The molecule has 0 aliphatic carbocycles. The number of hydrogen-bond acceptors (Lipinski definition) is 1. The first kappa shape index (κ1) is 9.52. The fourth-order valence-corrected chi connectivity index (χ4v) is 0.897. The van der Waals surface area contributed by atoms with E-state index in [1.165, 1.54) is 0 Å². The van der Waals surface area contributed by atoms with E-state index >= 15 is 0 Å². The number of hydrogen-bond donors (Lipinski definition) is 0. The molecule has 0 heterocycles. The van der Waals surface area contributed by atoms with Crippen molar-refractivity contribution in [3.8, 4) is 0 Å². The minimum atomic E-state index is -1.12. The smallest absolute Gasteiger partial charge is 0.205 e. The average molecular weight is 186 g/mol. The maximum atomic E-state index is 10.7. The van der Waals surface area contributed by atoms with Crippen LogP contribution in [-0.2, 0) is 16.5 Å². The van der Waals surface area contributed by atoms with Gasteiger partial charge in [-0.2, -0.15) is 0 Å². The molecule has 0 aromatic heterocycles. The molecular weight excluding hydrogens is 176 g/mol. The van der Waals surface area contributed by atoms with Gasteiger partial charge in [0, 0.05) is 0 Å². The molecule has 0 amide bonds. The Kier molecular flexibility index (Phi) is 4.08. The third-order valence-corrected chi connectivity index (χ3v) is 1.66. The first-order valence-corrected chi connectivity index (χ1v) is 4.23. The van der Waals surface area contributed by atoms with Crippen molar-refractivity contribution in [3.05, 3.63) is 35.9 Å². The van der Waals surface area contributed by atoms with Crippen molar-refractivity contribution < 1.29 is 9.84 Å². The number of rotatable bonds is 4. The SMILES string of the molecule is [O]C(CCl)OCc1ccccc1. The average Bonchev–Trinajstić information content (AvgIpc) is 2.16. The molecule has 0 fully saturated rings. The van der Waals surface area contributed by atoms with Gasteiger partial charge >= 0.3 is 0 Å². The molecule has 1 aromatic carbocycles. The molecule has 1 radical (unpaired) electrons. The van der Waals surface area contributed by atoms with Crippen LogP contribution < -0.4 is 0 Å². The topological polar surface area (TPSA) is 29.1 Å². The van der Waals surface area contributed by atoms with Crippen molar-refractivity contribution >= 4 is 11.6 Å². The molecule has 0 bridgehead atoms. The summed E-state index contributed by atoms with van der Waals surface area (Å²) in [5.41, 5.74) is 0.989. The molecule has 0 N–H and O–H groups in total. The molecule has 12 heavy (non-hydrogen) atoms. The van der Waals surface area contributed by atoms with Crippen molar-refractivity contribution in [2.75, 3.05) is 5.88 Å². The van der Waals surface area contributed by atoms with Gasteiger partial charge in [-0.3, -0.25) is 0 Å². The lowest BCUT2D eigenvalue weighted by molar-refractivity contribution is -0.131. The monoisotopic (exact) mass is 185 g/mol. The summed E-state index contributed by atoms with van der Waals surface area (Å²) in [4.78, 5) is 0. The zero-order valence-corrected chi connectivity index (χ0v) is 7.33. The quantitative estimate of drug-likeness (QED) is 0.522. The van der Waals surface area contributed by atoms with Gasteiger partial charge in [0.05, 0.1) is 12.5 Å². The van der Waals surface area contributed by atoms with Gasteiger partial charge in [-0.15, -0.1) is 11.6 Å². The molecule has 1 atom stereocenters. The van der Waals surface area contributed by atoms with E-state index < -0.39 is 6.29 Å². The summed E-state index contributed by atoms with van der Waals surface area (Å²) in [6, 6.07) is 9.53. The first-order valence-electron chi connectivity index (χ1n) is 3.70. The van der Waals surface area contributed by atoms with Crippen LogP contribution in [0.5, 0.6) is 0 Å². The minimum Gasteiger partial charge on any atom is -0.344 e. The van der Waals surface area contributed by atoms with E-state index in [1.54, 1.807) is 0 Å². The van der Waals surface area contributed by atoms with E-state index in [9.17, 15) is 5.11 Å². The Bertz CT molecular complexity index is 213. The summed E-state index contributed by atoms with van der Waals surface area (Å²) in [6.45, 7) is 0.335. The highest BCUT2D eigenvalue weighted by Crippen LogP contribution is 2.02. The molecular formula is C9H10ClO2. The molecule has 3 heteroatoms. The second-order valence-electron chi connectivity index (χ2n) is 2.38. The van der Waals surface area contributed by atoms with Crippen molar-refractivity contribution in [1.82, 2.24) is 0 Å². The van der Waals surface area contributed by atoms with Crippen LogP contribution in [0.2, 0.25) is 0 Å². The molecule has 0 saturated carbocycles. The highest BCUT2D eigenvalue weighted by molar-refractivity contribution is 6.18. The van der Waals surface area contributed by atoms with E-state index in [0.29, 0.717) is 6.61 Å². The lowest BCUT2D eigenvalue weighted by Crippen LogP contribution is -2.11. The van der Waals surface area contributed by atoms with Crippen LogP contribution in [0, 0.1) is 0 Å². The second kappa shape index (κ2) is 5.14. The van der Waals surface area contributed by atoms with E-state index in [1.807, 2.05) is 30.3 Å². The van der Waals surface area contributed by atoms with Crippen molar-refractivity contribution in [3.63, 3.8) is 0 Å². The zero-order chi connectivity index (χ0) is 8.81. The summed E-state index contributed by atoms with van der Waals surface area (Å²) in [5.74, 6) is -0.00711. The molecule has 1 rings (SSSR count). The fraction of sp³-hybridized carbons (Fsp3) is 0.333. The third-order valence-electron chi connectivity index (χ3n) is 1.40. The van der Waals surface area contributed by atoms with Crippen LogP contribution in [0.3, 0.4) is 0 Å². The molecule has 0 spiro atoms. The minimum absolute atomic E-state index is 0.00711. The molecule has 1 aromatic rings. The Balaban J connectivity index is 2.33. The Morgan fingerprint density at radius 1 is 1.33 bits per heavy atom. The number of ether oxygens (including phenoxy) is 1. The molecule has 0 aliphatic heterocycles. The Labute approximate surface area is 76.7 Å². The zero-order valence-electron chi connectivity index (χ0n) is 6.57. The van der Waals surface area contributed by atoms with Crippen LogP contribution in [0.1, 0.15) is 5.56 Å². The lowest BCUT2D eigenvalue weighted by Gasteiger charge is -2.05. The van der Waals surface area contributed by atoms with Crippen molar-refractivity contribution in [2.45, 2.75) is 12.9 Å². The summed E-state index contributed by atoms with van der Waals surface area (Å²) in [7, 11) is 0. The van der Waals surface area contributed by atoms with Crippen molar-refractivity contribution in [2.24, 2.45) is 0 Å². The highest BCUT2D eigenvalue weighted by atomic mass is 35.5. The number of benzene rings is 1. The van der Waals surface area contributed by atoms with Crippen LogP contribution >= 0.6 is 11.6 Å². The maximum Gasteiger partial charge on any atom is 0.205 e. The van der Waals surface area contributed by atoms with E-state index in [-0.39, 0.29) is 5.88 Å². The van der Waals surface area contributed by atoms with Crippen LogP contribution in [0.15, 0.2) is 30.3 Å². The van der Waals surface area contributed by atoms with Crippen molar-refractivity contribution in [1.29, 1.82) is 0 Å². The first-order chi connectivity index (χ1) is 5.83. The van der Waals surface area contributed by atoms with Gasteiger partial charge in [-0.05, 0) is 5.56 Å². The third kappa shape index (κ3) is 3.22. The second-order valence-corrected chi connectivity index (χ2v) is 2.69. The Morgan fingerprint density at radius 3 is 2.58 bits per heavy atom. The summed E-state index contributed by atoms with van der Waals surface area (Å²) < 4.78 is 4.89. The maximum absolute atomic E-state index is 10.7. The van der Waals surface area contributed by atoms with Gasteiger partial charge in [0.25, 0.3) is 0 Å². The number of halogens is 1. The Hall–Kier alpha value is -0.570. The molecule has 1 unspecified atom stereocenters. The molecule has 2 nitrogen and oxygen atoms in total. The summed E-state index contributed by atoms with van der Waals surface area (Å²) in [5, 5.41) is 10.7. The summed E-state index contributed by atoms with van der Waals surface area (Å²) >= 11 is 5.28. The summed E-state index contributed by atoms with van der Waals surface area (Å²) in [6.07, 6.45) is -1.12. The molecule has 65 valence electrons. The molecule has 0 saturated heterocycles. The van der Waals surface area contributed by atoms with Crippen LogP contribution in [0.4, 0.5) is 0 Å². The van der Waals surface area contributed by atoms with Crippen LogP contribution in [0.25, 0.3) is 0 Å². The fourth-order valence-electron chi connectivity index (χ4n) is 0.808. The predicted octanol–water partition coefficient (Wildman–Crippen LogP) is 2.20. The highest BCUT2D eigenvalue weighted by Gasteiger charge is 2.02. The van der Waals surface area contributed by atoms with Gasteiger partial charge in [-0.1, -0.05) is 30.3 Å². The van der Waals surface area contributed by atoms with E-state index in [0.717, 1.165) is 5.56 Å². The predicted molar refractivity (Wildman–Crippen MR) is 46.4 cm³/mol. The van der Waals surface area contributed by atoms with Crippen LogP contribution in [-0.4, -0.2) is 12.2 Å². The van der Waals surface area contributed by atoms with E-state index in [2.05, 4.69) is 0 Å². The number of alkyl halides is 1. The van der Waals surface area contributed by atoms with Gasteiger partial charge in [-0.25, -0.2) is 5.11 Å². The van der Waals surface area contributed by atoms with Gasteiger partial charge in [0.2, 0.25) is 6.29 Å².